The average Bonchev–Trinajstić information content (AvgIpc) is 2.71. The van der Waals surface area contributed by atoms with Gasteiger partial charge in [0.05, 0.1) is 6.20 Å². The first-order valence-corrected chi connectivity index (χ1v) is 5.19. The van der Waals surface area contributed by atoms with Gasteiger partial charge in [-0.05, 0) is 29.5 Å². The van der Waals surface area contributed by atoms with Gasteiger partial charge in [-0.3, -0.25) is 0 Å². The van der Waals surface area contributed by atoms with Crippen molar-refractivity contribution in [2.24, 2.45) is 0 Å². The molecule has 0 amide bonds. The number of nitrogens with zero attached hydrogens (tertiary/aromatic N) is 1. The zero-order chi connectivity index (χ0) is 10.8. The fraction of sp³-hybridized carbons (Fsp3) is 0.308. The summed E-state index contributed by atoms with van der Waals surface area (Å²) in [5.74, 6) is 0.546. The number of benzene rings is 1. The van der Waals surface area contributed by atoms with Crippen LogP contribution in [0, 0.1) is 6.92 Å². The second kappa shape index (κ2) is 3.89. The smallest absolute Gasteiger partial charge is 0.131 e. The Morgan fingerprint density at radius 1 is 1.20 bits per heavy atom. The largest absolute Gasteiger partial charge is 0.364 e. The van der Waals surface area contributed by atoms with Gasteiger partial charge in [-0.15, -0.1) is 0 Å². The highest BCUT2D eigenvalue weighted by atomic mass is 16.5. The van der Waals surface area contributed by atoms with Crippen LogP contribution in [0.4, 0.5) is 0 Å². The third-order valence-electron chi connectivity index (χ3n) is 2.67. The van der Waals surface area contributed by atoms with Gasteiger partial charge in [-0.25, -0.2) is 0 Å². The minimum absolute atomic E-state index is 0.546. The van der Waals surface area contributed by atoms with Crippen LogP contribution in [0.15, 0.2) is 35.2 Å². The van der Waals surface area contributed by atoms with Crippen LogP contribution in [0.5, 0.6) is 0 Å². The summed E-state index contributed by atoms with van der Waals surface area (Å²) in [7, 11) is 0. The first-order chi connectivity index (χ1) is 7.18. The Kier molecular flexibility index (Phi) is 2.58. The number of aromatic nitrogens is 1. The predicted octanol–water partition coefficient (Wildman–Crippen LogP) is 3.77. The van der Waals surface area contributed by atoms with Crippen molar-refractivity contribution in [3.8, 4) is 11.1 Å². The fourth-order valence-corrected chi connectivity index (χ4v) is 1.79. The molecule has 0 spiro atoms. The molecule has 1 aromatic carbocycles. The molecule has 0 radical (unpaired) electrons. The predicted molar refractivity (Wildman–Crippen MR) is 60.8 cm³/mol. The van der Waals surface area contributed by atoms with E-state index in [0.29, 0.717) is 5.92 Å². The highest BCUT2D eigenvalue weighted by Crippen LogP contribution is 2.26. The lowest BCUT2D eigenvalue weighted by Gasteiger charge is -2.10. The number of rotatable bonds is 2. The van der Waals surface area contributed by atoms with E-state index in [1.807, 2.05) is 0 Å². The third-order valence-corrected chi connectivity index (χ3v) is 2.67. The van der Waals surface area contributed by atoms with Gasteiger partial charge in [0.25, 0.3) is 0 Å². The van der Waals surface area contributed by atoms with Crippen LogP contribution >= 0.6 is 0 Å². The highest BCUT2D eigenvalue weighted by molar-refractivity contribution is 5.63. The lowest BCUT2D eigenvalue weighted by molar-refractivity contribution is 0.420. The summed E-state index contributed by atoms with van der Waals surface area (Å²) in [5.41, 5.74) is 4.93. The van der Waals surface area contributed by atoms with E-state index in [-0.39, 0.29) is 0 Å². The SMILES string of the molecule is Cc1ccc(-c2cnoc2)cc1C(C)C. The van der Waals surface area contributed by atoms with E-state index in [1.54, 1.807) is 12.5 Å². The van der Waals surface area contributed by atoms with Gasteiger partial charge < -0.3 is 4.52 Å². The van der Waals surface area contributed by atoms with Crippen LogP contribution in [-0.4, -0.2) is 5.16 Å². The van der Waals surface area contributed by atoms with Crippen LogP contribution < -0.4 is 0 Å². The molecule has 15 heavy (non-hydrogen) atoms. The second-order valence-corrected chi connectivity index (χ2v) is 4.14. The van der Waals surface area contributed by atoms with E-state index in [0.717, 1.165) is 5.56 Å². The van der Waals surface area contributed by atoms with Crippen LogP contribution in [-0.2, 0) is 0 Å². The van der Waals surface area contributed by atoms with Crippen molar-refractivity contribution in [1.82, 2.24) is 5.16 Å². The average molecular weight is 201 g/mol. The first kappa shape index (κ1) is 9.97. The van der Waals surface area contributed by atoms with E-state index < -0.39 is 0 Å². The minimum Gasteiger partial charge on any atom is -0.364 e. The normalized spacial score (nSPS) is 10.9. The van der Waals surface area contributed by atoms with Crippen molar-refractivity contribution < 1.29 is 4.52 Å². The molecule has 2 aromatic rings. The zero-order valence-corrected chi connectivity index (χ0v) is 9.32. The molecule has 0 aliphatic carbocycles. The van der Waals surface area contributed by atoms with Crippen LogP contribution in [0.3, 0.4) is 0 Å². The van der Waals surface area contributed by atoms with E-state index in [9.17, 15) is 0 Å². The van der Waals surface area contributed by atoms with E-state index in [1.165, 1.54) is 16.7 Å². The van der Waals surface area contributed by atoms with E-state index in [4.69, 9.17) is 4.52 Å². The van der Waals surface area contributed by atoms with Crippen LogP contribution in [0.2, 0.25) is 0 Å². The fourth-order valence-electron chi connectivity index (χ4n) is 1.79. The maximum Gasteiger partial charge on any atom is 0.131 e. The van der Waals surface area contributed by atoms with Crippen molar-refractivity contribution in [3.63, 3.8) is 0 Å². The number of hydrogen-bond acceptors (Lipinski definition) is 2. The molecule has 0 unspecified atom stereocenters. The molecule has 2 nitrogen and oxygen atoms in total. The van der Waals surface area contributed by atoms with Gasteiger partial charge in [0.15, 0.2) is 0 Å². The van der Waals surface area contributed by atoms with Crippen molar-refractivity contribution in [1.29, 1.82) is 0 Å². The van der Waals surface area contributed by atoms with Crippen molar-refractivity contribution in [3.05, 3.63) is 41.8 Å². The van der Waals surface area contributed by atoms with Gasteiger partial charge in [-0.2, -0.15) is 0 Å². The summed E-state index contributed by atoms with van der Waals surface area (Å²) in [4.78, 5) is 0. The Morgan fingerprint density at radius 3 is 2.60 bits per heavy atom. The Balaban J connectivity index is 2.48. The minimum atomic E-state index is 0.546. The summed E-state index contributed by atoms with van der Waals surface area (Å²) in [6.45, 7) is 6.56. The van der Waals surface area contributed by atoms with Gasteiger partial charge in [0.2, 0.25) is 0 Å². The van der Waals surface area contributed by atoms with Crippen LogP contribution in [0.1, 0.15) is 30.9 Å². The molecule has 2 rings (SSSR count). The number of aryl methyl sites for hydroxylation is 1. The Bertz CT molecular complexity index is 444. The molecule has 0 aliphatic rings. The topological polar surface area (TPSA) is 26.0 Å². The quantitative estimate of drug-likeness (QED) is 0.739. The summed E-state index contributed by atoms with van der Waals surface area (Å²) in [6.07, 6.45) is 3.42. The molecular formula is C13H15NO. The molecule has 0 saturated carbocycles. The third kappa shape index (κ3) is 1.94. The summed E-state index contributed by atoms with van der Waals surface area (Å²) in [5, 5.41) is 3.72. The van der Waals surface area contributed by atoms with Gasteiger partial charge >= 0.3 is 0 Å². The molecule has 1 heterocycles. The van der Waals surface area contributed by atoms with Crippen molar-refractivity contribution >= 4 is 0 Å². The van der Waals surface area contributed by atoms with E-state index in [2.05, 4.69) is 44.1 Å². The molecule has 2 heteroatoms. The lowest BCUT2D eigenvalue weighted by Crippen LogP contribution is -1.92. The molecular weight excluding hydrogens is 186 g/mol. The molecule has 0 fully saturated rings. The standard InChI is InChI=1S/C13H15NO/c1-9(2)13-6-11(5-4-10(13)3)12-7-14-15-8-12/h4-9H,1-3H3. The molecule has 0 aliphatic heterocycles. The molecule has 78 valence electrons. The van der Waals surface area contributed by atoms with Gasteiger partial charge in [-0.1, -0.05) is 37.2 Å². The molecule has 0 bridgehead atoms. The number of hydrogen-bond donors (Lipinski definition) is 0. The summed E-state index contributed by atoms with van der Waals surface area (Å²) >= 11 is 0. The Morgan fingerprint density at radius 2 is 2.00 bits per heavy atom. The van der Waals surface area contributed by atoms with Crippen LogP contribution in [0.25, 0.3) is 11.1 Å². The second-order valence-electron chi connectivity index (χ2n) is 4.14. The van der Waals surface area contributed by atoms with Gasteiger partial charge in [0.1, 0.15) is 6.26 Å². The summed E-state index contributed by atoms with van der Waals surface area (Å²) in [6, 6.07) is 6.47. The lowest BCUT2D eigenvalue weighted by atomic mass is 9.94. The first-order valence-electron chi connectivity index (χ1n) is 5.19. The summed E-state index contributed by atoms with van der Waals surface area (Å²) < 4.78 is 4.85. The molecule has 0 atom stereocenters. The Labute approximate surface area is 89.9 Å². The molecule has 0 saturated heterocycles. The zero-order valence-electron chi connectivity index (χ0n) is 9.32. The van der Waals surface area contributed by atoms with Crippen molar-refractivity contribution in [2.75, 3.05) is 0 Å². The highest BCUT2D eigenvalue weighted by Gasteiger charge is 2.06. The maximum absolute atomic E-state index is 4.85. The Hall–Kier alpha value is -1.57. The van der Waals surface area contributed by atoms with Crippen molar-refractivity contribution in [2.45, 2.75) is 26.7 Å². The monoisotopic (exact) mass is 201 g/mol. The molecule has 0 N–H and O–H groups in total. The van der Waals surface area contributed by atoms with E-state index >= 15 is 0 Å². The maximum atomic E-state index is 4.85. The van der Waals surface area contributed by atoms with Gasteiger partial charge in [0, 0.05) is 5.56 Å². The molecule has 1 aromatic heterocycles.